The molecule has 1 heterocycles. The lowest BCUT2D eigenvalue weighted by molar-refractivity contribution is 1.19. The van der Waals surface area contributed by atoms with Gasteiger partial charge in [0, 0.05) is 12.4 Å². The molecule has 0 radical (unpaired) electrons. The standard InChI is InChI=1S/C18H15N/c1-2-6-15(7-3-1)14-17-8-4-5-9-18(17)16-10-12-19-13-11-16/h1-13H,14H2. The first kappa shape index (κ1) is 11.7. The van der Waals surface area contributed by atoms with Crippen molar-refractivity contribution in [2.75, 3.05) is 0 Å². The Morgan fingerprint density at radius 2 is 1.37 bits per heavy atom. The fourth-order valence-electron chi connectivity index (χ4n) is 2.30. The van der Waals surface area contributed by atoms with E-state index in [9.17, 15) is 0 Å². The summed E-state index contributed by atoms with van der Waals surface area (Å²) in [6, 6.07) is 23.2. The van der Waals surface area contributed by atoms with E-state index in [-0.39, 0.29) is 0 Å². The second-order valence-corrected chi connectivity index (χ2v) is 4.56. The summed E-state index contributed by atoms with van der Waals surface area (Å²) in [5.74, 6) is 0. The van der Waals surface area contributed by atoms with Crippen molar-refractivity contribution < 1.29 is 0 Å². The lowest BCUT2D eigenvalue weighted by atomic mass is 9.96. The highest BCUT2D eigenvalue weighted by Gasteiger charge is 2.04. The molecule has 0 atom stereocenters. The summed E-state index contributed by atoms with van der Waals surface area (Å²) < 4.78 is 0. The molecule has 1 nitrogen and oxygen atoms in total. The second kappa shape index (κ2) is 5.49. The van der Waals surface area contributed by atoms with E-state index in [2.05, 4.69) is 71.7 Å². The zero-order valence-electron chi connectivity index (χ0n) is 10.7. The molecule has 1 heteroatoms. The van der Waals surface area contributed by atoms with Gasteiger partial charge in [0.2, 0.25) is 0 Å². The van der Waals surface area contributed by atoms with Crippen molar-refractivity contribution in [3.8, 4) is 11.1 Å². The average molecular weight is 245 g/mol. The van der Waals surface area contributed by atoms with Gasteiger partial charge in [-0.05, 0) is 40.8 Å². The minimum absolute atomic E-state index is 0.958. The number of rotatable bonds is 3. The molecule has 3 rings (SSSR count). The number of aromatic nitrogens is 1. The highest BCUT2D eigenvalue weighted by Crippen LogP contribution is 2.24. The van der Waals surface area contributed by atoms with Crippen LogP contribution >= 0.6 is 0 Å². The van der Waals surface area contributed by atoms with Crippen LogP contribution in [-0.2, 0) is 6.42 Å². The number of benzene rings is 2. The van der Waals surface area contributed by atoms with E-state index in [1.807, 2.05) is 12.4 Å². The van der Waals surface area contributed by atoms with Crippen molar-refractivity contribution in [1.82, 2.24) is 4.98 Å². The molecule has 0 bridgehead atoms. The van der Waals surface area contributed by atoms with E-state index >= 15 is 0 Å². The molecule has 0 aliphatic carbocycles. The lowest BCUT2D eigenvalue weighted by Gasteiger charge is -2.09. The molecule has 0 saturated carbocycles. The number of nitrogens with zero attached hydrogens (tertiary/aromatic N) is 1. The molecule has 19 heavy (non-hydrogen) atoms. The van der Waals surface area contributed by atoms with Gasteiger partial charge in [0.1, 0.15) is 0 Å². The topological polar surface area (TPSA) is 12.9 Å². The predicted octanol–water partition coefficient (Wildman–Crippen LogP) is 4.34. The Bertz CT molecular complexity index is 645. The smallest absolute Gasteiger partial charge is 0.0273 e. The summed E-state index contributed by atoms with van der Waals surface area (Å²) >= 11 is 0. The van der Waals surface area contributed by atoms with Crippen molar-refractivity contribution in [2.45, 2.75) is 6.42 Å². The molecule has 0 aliphatic rings. The highest BCUT2D eigenvalue weighted by molar-refractivity contribution is 5.67. The molecule has 0 fully saturated rings. The van der Waals surface area contributed by atoms with Crippen LogP contribution in [-0.4, -0.2) is 4.98 Å². The summed E-state index contributed by atoms with van der Waals surface area (Å²) in [6.45, 7) is 0. The van der Waals surface area contributed by atoms with Gasteiger partial charge in [0.15, 0.2) is 0 Å². The molecule has 0 N–H and O–H groups in total. The van der Waals surface area contributed by atoms with Gasteiger partial charge in [-0.25, -0.2) is 0 Å². The van der Waals surface area contributed by atoms with Gasteiger partial charge in [0.25, 0.3) is 0 Å². The van der Waals surface area contributed by atoms with Crippen LogP contribution in [0.25, 0.3) is 11.1 Å². The quantitative estimate of drug-likeness (QED) is 0.669. The Kier molecular flexibility index (Phi) is 3.37. The molecule has 0 unspecified atom stereocenters. The molecule has 2 aromatic carbocycles. The van der Waals surface area contributed by atoms with E-state index in [1.165, 1.54) is 22.3 Å². The summed E-state index contributed by atoms with van der Waals surface area (Å²) in [4.78, 5) is 4.08. The number of hydrogen-bond acceptors (Lipinski definition) is 1. The average Bonchev–Trinajstić information content (AvgIpc) is 2.50. The third-order valence-corrected chi connectivity index (χ3v) is 3.25. The molecule has 1 aromatic heterocycles. The van der Waals surface area contributed by atoms with Crippen LogP contribution in [0, 0.1) is 0 Å². The largest absolute Gasteiger partial charge is 0.265 e. The van der Waals surface area contributed by atoms with E-state index in [1.54, 1.807) is 0 Å². The Hall–Kier alpha value is -2.41. The van der Waals surface area contributed by atoms with Crippen molar-refractivity contribution in [1.29, 1.82) is 0 Å². The van der Waals surface area contributed by atoms with Crippen LogP contribution in [0.1, 0.15) is 11.1 Å². The monoisotopic (exact) mass is 245 g/mol. The first-order chi connectivity index (χ1) is 9.43. The van der Waals surface area contributed by atoms with Gasteiger partial charge in [-0.1, -0.05) is 54.6 Å². The van der Waals surface area contributed by atoms with Crippen LogP contribution in [0.5, 0.6) is 0 Å². The molecular formula is C18H15N. The third-order valence-electron chi connectivity index (χ3n) is 3.25. The Balaban J connectivity index is 1.99. The van der Waals surface area contributed by atoms with Gasteiger partial charge < -0.3 is 0 Å². The van der Waals surface area contributed by atoms with Crippen LogP contribution in [0.3, 0.4) is 0 Å². The van der Waals surface area contributed by atoms with Crippen molar-refractivity contribution in [3.05, 3.63) is 90.3 Å². The summed E-state index contributed by atoms with van der Waals surface area (Å²) in [5.41, 5.74) is 5.19. The van der Waals surface area contributed by atoms with Crippen molar-refractivity contribution >= 4 is 0 Å². The normalized spacial score (nSPS) is 10.3. The molecular weight excluding hydrogens is 230 g/mol. The van der Waals surface area contributed by atoms with E-state index < -0.39 is 0 Å². The van der Waals surface area contributed by atoms with E-state index in [0.29, 0.717) is 0 Å². The maximum absolute atomic E-state index is 4.08. The zero-order valence-corrected chi connectivity index (χ0v) is 10.7. The summed E-state index contributed by atoms with van der Waals surface area (Å²) in [5, 5.41) is 0. The number of pyridine rings is 1. The maximum Gasteiger partial charge on any atom is 0.0273 e. The number of hydrogen-bond donors (Lipinski definition) is 0. The summed E-state index contributed by atoms with van der Waals surface area (Å²) in [6.07, 6.45) is 4.64. The van der Waals surface area contributed by atoms with Gasteiger partial charge in [-0.2, -0.15) is 0 Å². The molecule has 0 aliphatic heterocycles. The molecule has 92 valence electrons. The lowest BCUT2D eigenvalue weighted by Crippen LogP contribution is -1.92. The van der Waals surface area contributed by atoms with Crippen LogP contribution in [0.2, 0.25) is 0 Å². The van der Waals surface area contributed by atoms with Crippen LogP contribution in [0.15, 0.2) is 79.1 Å². The minimum atomic E-state index is 0.958. The second-order valence-electron chi connectivity index (χ2n) is 4.56. The Labute approximate surface area is 113 Å². The fourth-order valence-corrected chi connectivity index (χ4v) is 2.30. The molecule has 3 aromatic rings. The fraction of sp³-hybridized carbons (Fsp3) is 0.0556. The van der Waals surface area contributed by atoms with Gasteiger partial charge in [-0.3, -0.25) is 4.98 Å². The first-order valence-electron chi connectivity index (χ1n) is 6.46. The van der Waals surface area contributed by atoms with Crippen molar-refractivity contribution in [2.24, 2.45) is 0 Å². The van der Waals surface area contributed by atoms with Gasteiger partial charge in [0.05, 0.1) is 0 Å². The molecule has 0 saturated heterocycles. The third kappa shape index (κ3) is 2.71. The zero-order chi connectivity index (χ0) is 12.9. The molecule has 0 spiro atoms. The van der Waals surface area contributed by atoms with Gasteiger partial charge >= 0.3 is 0 Å². The van der Waals surface area contributed by atoms with E-state index in [4.69, 9.17) is 0 Å². The maximum atomic E-state index is 4.08. The van der Waals surface area contributed by atoms with Crippen molar-refractivity contribution in [3.63, 3.8) is 0 Å². The minimum Gasteiger partial charge on any atom is -0.265 e. The highest BCUT2D eigenvalue weighted by atomic mass is 14.6. The molecule has 0 amide bonds. The van der Waals surface area contributed by atoms with Gasteiger partial charge in [-0.15, -0.1) is 0 Å². The SMILES string of the molecule is c1ccc(Cc2ccccc2-c2ccncc2)cc1. The predicted molar refractivity (Wildman–Crippen MR) is 78.9 cm³/mol. The Morgan fingerprint density at radius 1 is 0.684 bits per heavy atom. The Morgan fingerprint density at radius 3 is 2.16 bits per heavy atom. The van der Waals surface area contributed by atoms with Crippen LogP contribution in [0.4, 0.5) is 0 Å². The van der Waals surface area contributed by atoms with E-state index in [0.717, 1.165) is 6.42 Å². The summed E-state index contributed by atoms with van der Waals surface area (Å²) in [7, 11) is 0. The first-order valence-corrected chi connectivity index (χ1v) is 6.46. The van der Waals surface area contributed by atoms with Crippen LogP contribution < -0.4 is 0 Å².